The third-order valence-corrected chi connectivity index (χ3v) is 4.20. The Morgan fingerprint density at radius 2 is 1.95 bits per heavy atom. The van der Waals surface area contributed by atoms with Crippen LogP contribution < -0.4 is 9.47 Å². The Morgan fingerprint density at radius 1 is 1.25 bits per heavy atom. The van der Waals surface area contributed by atoms with E-state index < -0.39 is 11.4 Å². The maximum atomic E-state index is 11.6. The minimum absolute atomic E-state index is 0.207. The van der Waals surface area contributed by atoms with E-state index >= 15 is 0 Å². The zero-order valence-electron chi connectivity index (χ0n) is 11.9. The van der Waals surface area contributed by atoms with E-state index in [0.29, 0.717) is 26.1 Å². The largest absolute Gasteiger partial charge is 0.490 e. The smallest absolute Gasteiger partial charge is 0.314 e. The standard InChI is InChI=1S/C16H20O4/c1-10(2)13-11(16(6-7-16)15(17)18)4-5-12-14(13)20-9-3-8-19-12/h4-5,10H,3,6-9H2,1-2H3,(H,17,18). The molecule has 0 aromatic heterocycles. The van der Waals surface area contributed by atoms with Crippen LogP contribution in [0.3, 0.4) is 0 Å². The summed E-state index contributed by atoms with van der Waals surface area (Å²) in [6.45, 7) is 5.42. The molecule has 1 aliphatic carbocycles. The molecule has 0 unspecified atom stereocenters. The van der Waals surface area contributed by atoms with Gasteiger partial charge >= 0.3 is 5.97 Å². The number of hydrogen-bond acceptors (Lipinski definition) is 3. The molecule has 0 atom stereocenters. The molecule has 4 nitrogen and oxygen atoms in total. The monoisotopic (exact) mass is 276 g/mol. The average Bonchev–Trinajstić information content (AvgIpc) is 3.21. The Balaban J connectivity index is 2.16. The molecule has 0 bridgehead atoms. The van der Waals surface area contributed by atoms with Gasteiger partial charge in [0.15, 0.2) is 11.5 Å². The minimum atomic E-state index is -0.728. The lowest BCUT2D eigenvalue weighted by Gasteiger charge is -2.22. The molecule has 0 spiro atoms. The second kappa shape index (κ2) is 4.69. The van der Waals surface area contributed by atoms with E-state index in [0.717, 1.165) is 29.0 Å². The van der Waals surface area contributed by atoms with Gasteiger partial charge in [0.2, 0.25) is 0 Å². The first-order chi connectivity index (χ1) is 9.56. The van der Waals surface area contributed by atoms with Crippen molar-refractivity contribution in [1.82, 2.24) is 0 Å². The first-order valence-electron chi connectivity index (χ1n) is 7.22. The van der Waals surface area contributed by atoms with Gasteiger partial charge in [-0.15, -0.1) is 0 Å². The van der Waals surface area contributed by atoms with E-state index in [1.807, 2.05) is 12.1 Å². The number of aliphatic carboxylic acids is 1. The second-order valence-electron chi connectivity index (χ2n) is 5.95. The van der Waals surface area contributed by atoms with Crippen LogP contribution in [0.25, 0.3) is 0 Å². The summed E-state index contributed by atoms with van der Waals surface area (Å²) in [4.78, 5) is 11.6. The van der Waals surface area contributed by atoms with Crippen LogP contribution in [0, 0.1) is 0 Å². The van der Waals surface area contributed by atoms with Crippen molar-refractivity contribution >= 4 is 5.97 Å². The number of rotatable bonds is 3. The lowest BCUT2D eigenvalue weighted by molar-refractivity contribution is -0.140. The molecule has 0 amide bonds. The average molecular weight is 276 g/mol. The number of carboxylic acids is 1. The van der Waals surface area contributed by atoms with Gasteiger partial charge in [-0.25, -0.2) is 0 Å². The van der Waals surface area contributed by atoms with Crippen molar-refractivity contribution in [1.29, 1.82) is 0 Å². The van der Waals surface area contributed by atoms with Crippen LogP contribution in [0.4, 0.5) is 0 Å². The molecule has 0 radical (unpaired) electrons. The van der Waals surface area contributed by atoms with Gasteiger partial charge in [0.05, 0.1) is 18.6 Å². The number of benzene rings is 1. The molecule has 4 heteroatoms. The van der Waals surface area contributed by atoms with Crippen LogP contribution in [-0.2, 0) is 10.2 Å². The second-order valence-corrected chi connectivity index (χ2v) is 5.95. The minimum Gasteiger partial charge on any atom is -0.490 e. The molecule has 0 saturated heterocycles. The van der Waals surface area contributed by atoms with Crippen molar-refractivity contribution in [2.24, 2.45) is 0 Å². The molecular formula is C16H20O4. The Hall–Kier alpha value is -1.71. The quantitative estimate of drug-likeness (QED) is 0.921. The normalized spacial score (nSPS) is 19.6. The van der Waals surface area contributed by atoms with Crippen LogP contribution in [-0.4, -0.2) is 24.3 Å². The Bertz CT molecular complexity index is 544. The van der Waals surface area contributed by atoms with Gasteiger partial charge in [-0.3, -0.25) is 4.79 Å². The molecule has 2 aliphatic rings. The van der Waals surface area contributed by atoms with E-state index in [9.17, 15) is 9.90 Å². The lowest BCUT2D eigenvalue weighted by Crippen LogP contribution is -2.22. The van der Waals surface area contributed by atoms with Crippen LogP contribution in [0.5, 0.6) is 11.5 Å². The van der Waals surface area contributed by atoms with Crippen LogP contribution in [0.2, 0.25) is 0 Å². The van der Waals surface area contributed by atoms with Crippen molar-refractivity contribution < 1.29 is 19.4 Å². The van der Waals surface area contributed by atoms with Gasteiger partial charge < -0.3 is 14.6 Å². The van der Waals surface area contributed by atoms with Crippen LogP contribution >= 0.6 is 0 Å². The molecule has 1 saturated carbocycles. The number of hydrogen-bond donors (Lipinski definition) is 1. The fraction of sp³-hybridized carbons (Fsp3) is 0.562. The molecule has 1 aromatic rings. The van der Waals surface area contributed by atoms with Crippen molar-refractivity contribution in [2.75, 3.05) is 13.2 Å². The van der Waals surface area contributed by atoms with Crippen LogP contribution in [0.15, 0.2) is 12.1 Å². The SMILES string of the molecule is CC(C)c1c(C2(C(=O)O)CC2)ccc2c1OCCCO2. The number of carbonyl (C=O) groups is 1. The highest BCUT2D eigenvalue weighted by Crippen LogP contribution is 2.54. The van der Waals surface area contributed by atoms with Crippen molar-refractivity contribution in [2.45, 2.75) is 44.4 Å². The summed E-state index contributed by atoms with van der Waals surface area (Å²) in [6, 6.07) is 3.79. The van der Waals surface area contributed by atoms with E-state index in [1.165, 1.54) is 0 Å². The topological polar surface area (TPSA) is 55.8 Å². The van der Waals surface area contributed by atoms with Gasteiger partial charge in [-0.05, 0) is 30.4 Å². The number of ether oxygens (including phenoxy) is 2. The van der Waals surface area contributed by atoms with Gasteiger partial charge in [0.25, 0.3) is 0 Å². The summed E-state index contributed by atoms with van der Waals surface area (Å²) < 4.78 is 11.6. The van der Waals surface area contributed by atoms with E-state index in [-0.39, 0.29) is 5.92 Å². The Labute approximate surface area is 118 Å². The maximum absolute atomic E-state index is 11.6. The van der Waals surface area contributed by atoms with Gasteiger partial charge in [0.1, 0.15) is 0 Å². The van der Waals surface area contributed by atoms with E-state index in [2.05, 4.69) is 13.8 Å². The summed E-state index contributed by atoms with van der Waals surface area (Å²) >= 11 is 0. The first-order valence-corrected chi connectivity index (χ1v) is 7.22. The summed E-state index contributed by atoms with van der Waals surface area (Å²) in [5, 5.41) is 9.55. The molecule has 1 aliphatic heterocycles. The molecule has 3 rings (SSSR count). The van der Waals surface area contributed by atoms with Crippen LogP contribution in [0.1, 0.15) is 50.2 Å². The third-order valence-electron chi connectivity index (χ3n) is 4.20. The Kier molecular flexibility index (Phi) is 3.11. The summed E-state index contributed by atoms with van der Waals surface area (Å²) in [6.07, 6.45) is 2.27. The fourth-order valence-electron chi connectivity index (χ4n) is 2.97. The first kappa shape index (κ1) is 13.3. The van der Waals surface area contributed by atoms with Crippen molar-refractivity contribution in [3.63, 3.8) is 0 Å². The predicted molar refractivity (Wildman–Crippen MR) is 74.7 cm³/mol. The fourth-order valence-corrected chi connectivity index (χ4v) is 2.97. The third kappa shape index (κ3) is 1.94. The zero-order chi connectivity index (χ0) is 14.3. The van der Waals surface area contributed by atoms with Gasteiger partial charge in [-0.1, -0.05) is 19.9 Å². The highest BCUT2D eigenvalue weighted by Gasteiger charge is 2.53. The molecule has 1 heterocycles. The Morgan fingerprint density at radius 3 is 2.55 bits per heavy atom. The van der Waals surface area contributed by atoms with E-state index in [1.54, 1.807) is 0 Å². The van der Waals surface area contributed by atoms with Gasteiger partial charge in [0, 0.05) is 12.0 Å². The number of fused-ring (bicyclic) bond motifs is 1. The highest BCUT2D eigenvalue weighted by atomic mass is 16.5. The van der Waals surface area contributed by atoms with Gasteiger partial charge in [-0.2, -0.15) is 0 Å². The predicted octanol–water partition coefficient (Wildman–Crippen LogP) is 3.09. The van der Waals surface area contributed by atoms with E-state index in [4.69, 9.17) is 9.47 Å². The maximum Gasteiger partial charge on any atom is 0.314 e. The summed E-state index contributed by atoms with van der Waals surface area (Å²) in [5.41, 5.74) is 1.21. The highest BCUT2D eigenvalue weighted by molar-refractivity contribution is 5.86. The number of carboxylic acid groups (broad SMARTS) is 1. The zero-order valence-corrected chi connectivity index (χ0v) is 11.9. The molecular weight excluding hydrogens is 256 g/mol. The molecule has 1 aromatic carbocycles. The molecule has 20 heavy (non-hydrogen) atoms. The van der Waals surface area contributed by atoms with Crippen molar-refractivity contribution in [3.8, 4) is 11.5 Å². The summed E-state index contributed by atoms with van der Waals surface area (Å²) in [7, 11) is 0. The summed E-state index contributed by atoms with van der Waals surface area (Å²) in [5.74, 6) is 0.978. The lowest BCUT2D eigenvalue weighted by atomic mass is 9.85. The van der Waals surface area contributed by atoms with Crippen molar-refractivity contribution in [3.05, 3.63) is 23.3 Å². The molecule has 108 valence electrons. The molecule has 1 N–H and O–H groups in total. The molecule has 1 fully saturated rings.